The molecule has 0 saturated carbocycles. The topological polar surface area (TPSA) is 123 Å². The molecular formula is C35H35N3O6. The summed E-state index contributed by atoms with van der Waals surface area (Å²) in [6, 6.07) is 36.8. The van der Waals surface area contributed by atoms with E-state index in [4.69, 9.17) is 4.74 Å². The van der Waals surface area contributed by atoms with Crippen LogP contribution in [0.15, 0.2) is 121 Å². The first-order valence-electron chi connectivity index (χ1n) is 14.2. The first-order chi connectivity index (χ1) is 21.4. The number of ether oxygens (including phenoxy) is 2. The molecule has 4 aromatic rings. The molecule has 1 atom stereocenters. The number of carbonyl (C=O) groups is 4. The smallest absolute Gasteiger partial charge is 0.408 e. The minimum Gasteiger partial charge on any atom is -0.468 e. The van der Waals surface area contributed by atoms with Crippen molar-refractivity contribution < 1.29 is 28.7 Å². The predicted molar refractivity (Wildman–Crippen MR) is 165 cm³/mol. The molecule has 4 rings (SSSR count). The van der Waals surface area contributed by atoms with Gasteiger partial charge in [0.05, 0.1) is 7.11 Å². The summed E-state index contributed by atoms with van der Waals surface area (Å²) in [5, 5.41) is 8.23. The largest absolute Gasteiger partial charge is 0.468 e. The maximum atomic E-state index is 13.8. The van der Waals surface area contributed by atoms with E-state index < -0.39 is 36.1 Å². The Kier molecular flexibility index (Phi) is 11.2. The lowest BCUT2D eigenvalue weighted by atomic mass is 9.77. The zero-order valence-electron chi connectivity index (χ0n) is 24.4. The molecule has 0 heterocycles. The van der Waals surface area contributed by atoms with E-state index in [0.717, 1.165) is 22.3 Å². The van der Waals surface area contributed by atoms with E-state index in [1.165, 1.54) is 7.11 Å². The van der Waals surface area contributed by atoms with Crippen molar-refractivity contribution in [3.05, 3.63) is 144 Å². The summed E-state index contributed by atoms with van der Waals surface area (Å²) in [5.41, 5.74) is 2.28. The molecule has 0 aliphatic rings. The molecule has 3 amide bonds. The normalized spacial score (nSPS) is 11.5. The monoisotopic (exact) mass is 593 g/mol. The summed E-state index contributed by atoms with van der Waals surface area (Å²) in [6.07, 6.45) is -1.02. The third-order valence-corrected chi connectivity index (χ3v) is 7.06. The van der Waals surface area contributed by atoms with E-state index in [0.29, 0.717) is 0 Å². The lowest BCUT2D eigenvalue weighted by Crippen LogP contribution is -2.50. The number of esters is 1. The van der Waals surface area contributed by atoms with Crippen LogP contribution in [0.25, 0.3) is 0 Å². The van der Waals surface area contributed by atoms with Gasteiger partial charge in [0.1, 0.15) is 24.7 Å². The number of alkyl carbamates (subject to hydrolysis) is 1. The summed E-state index contributed by atoms with van der Waals surface area (Å²) in [5.74, 6) is -1.66. The van der Waals surface area contributed by atoms with E-state index in [1.807, 2.05) is 109 Å². The first kappa shape index (κ1) is 31.5. The molecule has 0 saturated heterocycles. The molecule has 0 fully saturated rings. The summed E-state index contributed by atoms with van der Waals surface area (Å²) in [4.78, 5) is 51.1. The van der Waals surface area contributed by atoms with E-state index in [1.54, 1.807) is 12.1 Å². The molecule has 9 heteroatoms. The second-order valence-electron chi connectivity index (χ2n) is 9.99. The quantitative estimate of drug-likeness (QED) is 0.155. The van der Waals surface area contributed by atoms with Crippen LogP contribution < -0.4 is 16.0 Å². The molecule has 4 aromatic carbocycles. The predicted octanol–water partition coefficient (Wildman–Crippen LogP) is 4.46. The van der Waals surface area contributed by atoms with Gasteiger partial charge in [0, 0.05) is 6.42 Å². The van der Waals surface area contributed by atoms with Gasteiger partial charge in [0.25, 0.3) is 0 Å². The van der Waals surface area contributed by atoms with Crippen molar-refractivity contribution in [3.63, 3.8) is 0 Å². The first-order valence-corrected chi connectivity index (χ1v) is 14.2. The average molecular weight is 594 g/mol. The summed E-state index contributed by atoms with van der Waals surface area (Å²) >= 11 is 0. The number of carbonyl (C=O) groups excluding carboxylic acids is 4. The van der Waals surface area contributed by atoms with Crippen molar-refractivity contribution in [2.75, 3.05) is 13.7 Å². The fourth-order valence-electron chi connectivity index (χ4n) is 4.86. The molecule has 0 aliphatic heterocycles. The van der Waals surface area contributed by atoms with Crippen LogP contribution in [0.4, 0.5) is 4.79 Å². The lowest BCUT2D eigenvalue weighted by Gasteiger charge is -2.37. The molecule has 0 radical (unpaired) electrons. The Labute approximate surface area is 256 Å². The molecular weight excluding hydrogens is 558 g/mol. The van der Waals surface area contributed by atoms with Crippen LogP contribution in [0.3, 0.4) is 0 Å². The highest BCUT2D eigenvalue weighted by Crippen LogP contribution is 2.36. The van der Waals surface area contributed by atoms with E-state index in [-0.39, 0.29) is 25.4 Å². The Morgan fingerprint density at radius 1 is 0.705 bits per heavy atom. The minimum absolute atomic E-state index is 0.00257. The molecule has 226 valence electrons. The highest BCUT2D eigenvalue weighted by Gasteiger charge is 2.38. The SMILES string of the molecule is COC(=O)CNC(=O)[C@H](CCC(=O)NC(c1ccccc1)(c1ccccc1)c1ccccc1)NC(=O)OCc1ccccc1. The fraction of sp³-hybridized carbons (Fsp3) is 0.200. The number of hydrogen-bond donors (Lipinski definition) is 3. The summed E-state index contributed by atoms with van der Waals surface area (Å²) < 4.78 is 9.89. The number of rotatable bonds is 13. The van der Waals surface area contributed by atoms with Crippen LogP contribution in [-0.4, -0.2) is 43.6 Å². The Hall–Kier alpha value is -5.44. The number of hydrogen-bond acceptors (Lipinski definition) is 6. The number of methoxy groups -OCH3 is 1. The van der Waals surface area contributed by atoms with E-state index >= 15 is 0 Å². The van der Waals surface area contributed by atoms with Gasteiger partial charge < -0.3 is 25.4 Å². The zero-order chi connectivity index (χ0) is 31.2. The number of benzene rings is 4. The highest BCUT2D eigenvalue weighted by atomic mass is 16.5. The third kappa shape index (κ3) is 8.32. The fourth-order valence-corrected chi connectivity index (χ4v) is 4.86. The molecule has 9 nitrogen and oxygen atoms in total. The molecule has 0 bridgehead atoms. The van der Waals surface area contributed by atoms with Crippen molar-refractivity contribution in [2.45, 2.75) is 31.0 Å². The molecule has 0 aliphatic carbocycles. The maximum absolute atomic E-state index is 13.8. The lowest BCUT2D eigenvalue weighted by molar-refractivity contribution is -0.141. The third-order valence-electron chi connectivity index (χ3n) is 7.06. The Morgan fingerprint density at radius 3 is 1.66 bits per heavy atom. The standard InChI is InChI=1S/C35H35N3O6/c1-43-32(40)24-36-33(41)30(37-34(42)44-25-26-14-6-2-7-15-26)22-23-31(39)38-35(27-16-8-3-9-17-27,28-18-10-4-11-19-28)29-20-12-5-13-21-29/h2-21,30H,22-25H2,1H3,(H,36,41)(H,37,42)(H,38,39)/t30-/m0/s1. The molecule has 0 spiro atoms. The summed E-state index contributed by atoms with van der Waals surface area (Å²) in [6.45, 7) is -0.394. The number of amides is 3. The van der Waals surface area contributed by atoms with Gasteiger partial charge in [-0.2, -0.15) is 0 Å². The van der Waals surface area contributed by atoms with Crippen molar-refractivity contribution in [1.29, 1.82) is 0 Å². The van der Waals surface area contributed by atoms with Gasteiger partial charge in [-0.1, -0.05) is 121 Å². The number of nitrogens with one attached hydrogen (secondary N) is 3. The maximum Gasteiger partial charge on any atom is 0.408 e. The molecule has 3 N–H and O–H groups in total. The minimum atomic E-state index is -1.16. The van der Waals surface area contributed by atoms with Crippen LogP contribution in [0.1, 0.15) is 35.1 Å². The van der Waals surface area contributed by atoms with Crippen LogP contribution in [0.2, 0.25) is 0 Å². The summed E-state index contributed by atoms with van der Waals surface area (Å²) in [7, 11) is 1.20. The second kappa shape index (κ2) is 15.7. The van der Waals surface area contributed by atoms with Gasteiger partial charge in [0.2, 0.25) is 11.8 Å². The van der Waals surface area contributed by atoms with E-state index in [9.17, 15) is 19.2 Å². The van der Waals surface area contributed by atoms with Crippen LogP contribution in [-0.2, 0) is 36.0 Å². The van der Waals surface area contributed by atoms with Crippen LogP contribution in [0.5, 0.6) is 0 Å². The Bertz CT molecular complexity index is 1420. The molecule has 44 heavy (non-hydrogen) atoms. The van der Waals surface area contributed by atoms with E-state index in [2.05, 4.69) is 20.7 Å². The van der Waals surface area contributed by atoms with Gasteiger partial charge in [0.15, 0.2) is 0 Å². The van der Waals surface area contributed by atoms with Crippen molar-refractivity contribution in [2.24, 2.45) is 0 Å². The Morgan fingerprint density at radius 2 is 1.18 bits per heavy atom. The van der Waals surface area contributed by atoms with Crippen molar-refractivity contribution >= 4 is 23.9 Å². The van der Waals surface area contributed by atoms with Gasteiger partial charge in [-0.3, -0.25) is 14.4 Å². The second-order valence-corrected chi connectivity index (χ2v) is 9.99. The van der Waals surface area contributed by atoms with Gasteiger partial charge in [-0.25, -0.2) is 4.79 Å². The van der Waals surface area contributed by atoms with Crippen molar-refractivity contribution in [3.8, 4) is 0 Å². The zero-order valence-corrected chi connectivity index (χ0v) is 24.4. The molecule has 0 unspecified atom stereocenters. The highest BCUT2D eigenvalue weighted by molar-refractivity contribution is 5.89. The Balaban J connectivity index is 1.55. The van der Waals surface area contributed by atoms with Crippen molar-refractivity contribution in [1.82, 2.24) is 16.0 Å². The van der Waals surface area contributed by atoms with Gasteiger partial charge >= 0.3 is 12.1 Å². The van der Waals surface area contributed by atoms with Crippen LogP contribution in [0, 0.1) is 0 Å². The van der Waals surface area contributed by atoms with Gasteiger partial charge in [-0.15, -0.1) is 0 Å². The van der Waals surface area contributed by atoms with Crippen LogP contribution >= 0.6 is 0 Å². The van der Waals surface area contributed by atoms with Gasteiger partial charge in [-0.05, 0) is 28.7 Å². The average Bonchev–Trinajstić information content (AvgIpc) is 3.08. The molecule has 0 aromatic heterocycles.